The molecule has 0 spiro atoms. The summed E-state index contributed by atoms with van der Waals surface area (Å²) < 4.78 is 1.98. The second kappa shape index (κ2) is 5.55. The average Bonchev–Trinajstić information content (AvgIpc) is 2.83. The Bertz CT molecular complexity index is 837. The van der Waals surface area contributed by atoms with E-state index >= 15 is 0 Å². The second-order valence-corrected chi connectivity index (χ2v) is 5.38. The number of hydrogen-bond acceptors (Lipinski definition) is 4. The normalized spacial score (nSPS) is 11.1. The summed E-state index contributed by atoms with van der Waals surface area (Å²) in [6.45, 7) is 5.60. The number of imidazole rings is 1. The smallest absolute Gasteiger partial charge is 0.229 e. The summed E-state index contributed by atoms with van der Waals surface area (Å²) in [7, 11) is 0. The number of carbonyl (C=O) groups is 1. The number of carbonyl (C=O) groups excluding carboxylic acids is 1. The number of fused-ring (bicyclic) bond motifs is 1. The fourth-order valence-corrected chi connectivity index (χ4v) is 2.23. The van der Waals surface area contributed by atoms with Gasteiger partial charge in [0.15, 0.2) is 0 Å². The molecule has 0 aromatic carbocycles. The van der Waals surface area contributed by atoms with Gasteiger partial charge in [-0.2, -0.15) is 0 Å². The highest BCUT2D eigenvalue weighted by Gasteiger charge is 2.14. The number of nitrogens with one attached hydrogen (secondary N) is 1. The van der Waals surface area contributed by atoms with E-state index < -0.39 is 0 Å². The van der Waals surface area contributed by atoms with Gasteiger partial charge in [0.2, 0.25) is 11.9 Å². The largest absolute Gasteiger partial charge is 0.298 e. The molecule has 1 N–H and O–H groups in total. The zero-order chi connectivity index (χ0) is 15.7. The number of hydrogen-bond donors (Lipinski definition) is 1. The van der Waals surface area contributed by atoms with Crippen LogP contribution in [0.2, 0.25) is 0 Å². The highest BCUT2D eigenvalue weighted by Crippen LogP contribution is 2.23. The van der Waals surface area contributed by atoms with Crippen molar-refractivity contribution in [3.05, 3.63) is 42.4 Å². The van der Waals surface area contributed by atoms with E-state index in [0.717, 1.165) is 22.7 Å². The van der Waals surface area contributed by atoms with Crippen LogP contribution in [0.5, 0.6) is 0 Å². The summed E-state index contributed by atoms with van der Waals surface area (Å²) in [6.07, 6.45) is 3.58. The predicted octanol–water partition coefficient (Wildman–Crippen LogP) is 2.69. The summed E-state index contributed by atoms with van der Waals surface area (Å²) in [5, 5.41) is 2.72. The minimum Gasteiger partial charge on any atom is -0.298 e. The molecule has 112 valence electrons. The van der Waals surface area contributed by atoms with E-state index in [2.05, 4.69) is 20.3 Å². The lowest BCUT2D eigenvalue weighted by molar-refractivity contribution is -0.118. The van der Waals surface area contributed by atoms with Gasteiger partial charge in [-0.05, 0) is 25.1 Å². The lowest BCUT2D eigenvalue weighted by Gasteiger charge is -2.08. The van der Waals surface area contributed by atoms with Crippen molar-refractivity contribution in [3.8, 4) is 11.4 Å². The maximum absolute atomic E-state index is 11.8. The number of pyridine rings is 1. The highest BCUT2D eigenvalue weighted by molar-refractivity contribution is 5.90. The summed E-state index contributed by atoms with van der Waals surface area (Å²) in [5.41, 5.74) is 3.37. The SMILES string of the molecule is Cc1nc2ccccn2c1-c1ccnc(NC(=O)C(C)C)n1. The summed E-state index contributed by atoms with van der Waals surface area (Å²) in [5.74, 6) is 0.0817. The molecule has 0 saturated carbocycles. The van der Waals surface area contributed by atoms with E-state index in [9.17, 15) is 4.79 Å². The van der Waals surface area contributed by atoms with Crippen LogP contribution in [0.4, 0.5) is 5.95 Å². The molecule has 0 unspecified atom stereocenters. The zero-order valence-corrected chi connectivity index (χ0v) is 12.7. The predicted molar refractivity (Wildman–Crippen MR) is 84.4 cm³/mol. The molecule has 3 heterocycles. The summed E-state index contributed by atoms with van der Waals surface area (Å²) in [4.78, 5) is 24.9. The first-order valence-corrected chi connectivity index (χ1v) is 7.14. The first-order valence-electron chi connectivity index (χ1n) is 7.14. The molecular formula is C16H17N5O. The van der Waals surface area contributed by atoms with Gasteiger partial charge in [0, 0.05) is 18.3 Å². The van der Waals surface area contributed by atoms with Crippen LogP contribution in [0.3, 0.4) is 0 Å². The molecule has 0 fully saturated rings. The molecule has 0 aliphatic carbocycles. The highest BCUT2D eigenvalue weighted by atomic mass is 16.1. The standard InChI is InChI=1S/C16H17N5O/c1-10(2)15(22)20-16-17-8-7-12(19-16)14-11(3)18-13-6-4-5-9-21(13)14/h4-10H,1-3H3,(H,17,19,20,22). The van der Waals surface area contributed by atoms with Crippen LogP contribution in [0.25, 0.3) is 17.0 Å². The van der Waals surface area contributed by atoms with Gasteiger partial charge in [0.1, 0.15) is 5.65 Å². The minimum absolute atomic E-state index is 0.105. The van der Waals surface area contributed by atoms with Crippen LogP contribution in [0, 0.1) is 12.8 Å². The molecule has 3 rings (SSSR count). The van der Waals surface area contributed by atoms with Gasteiger partial charge in [0.05, 0.1) is 17.1 Å². The van der Waals surface area contributed by atoms with Crippen molar-refractivity contribution in [2.24, 2.45) is 5.92 Å². The molecule has 0 atom stereocenters. The third-order valence-corrected chi connectivity index (χ3v) is 3.36. The van der Waals surface area contributed by atoms with Gasteiger partial charge in [-0.25, -0.2) is 15.0 Å². The van der Waals surface area contributed by atoms with E-state index in [-0.39, 0.29) is 11.8 Å². The quantitative estimate of drug-likeness (QED) is 0.806. The Morgan fingerprint density at radius 2 is 2.05 bits per heavy atom. The van der Waals surface area contributed by atoms with Crippen molar-refractivity contribution in [1.29, 1.82) is 0 Å². The molecular weight excluding hydrogens is 278 g/mol. The van der Waals surface area contributed by atoms with Crippen LogP contribution in [0.15, 0.2) is 36.7 Å². The van der Waals surface area contributed by atoms with Crippen molar-refractivity contribution in [2.45, 2.75) is 20.8 Å². The Morgan fingerprint density at radius 1 is 1.23 bits per heavy atom. The van der Waals surface area contributed by atoms with Crippen LogP contribution in [-0.2, 0) is 4.79 Å². The fourth-order valence-electron chi connectivity index (χ4n) is 2.23. The third kappa shape index (κ3) is 2.55. The monoisotopic (exact) mass is 295 g/mol. The van der Waals surface area contributed by atoms with Crippen LogP contribution in [-0.4, -0.2) is 25.3 Å². The van der Waals surface area contributed by atoms with Crippen LogP contribution < -0.4 is 5.32 Å². The van der Waals surface area contributed by atoms with Gasteiger partial charge >= 0.3 is 0 Å². The van der Waals surface area contributed by atoms with Crippen LogP contribution >= 0.6 is 0 Å². The number of anilines is 1. The van der Waals surface area contributed by atoms with E-state index in [0.29, 0.717) is 5.95 Å². The number of aryl methyl sites for hydroxylation is 1. The maximum atomic E-state index is 11.8. The molecule has 6 heteroatoms. The van der Waals surface area contributed by atoms with E-state index in [4.69, 9.17) is 0 Å². The van der Waals surface area contributed by atoms with Crippen molar-refractivity contribution >= 4 is 17.5 Å². The molecule has 1 amide bonds. The van der Waals surface area contributed by atoms with Gasteiger partial charge in [0.25, 0.3) is 0 Å². The topological polar surface area (TPSA) is 72.2 Å². The van der Waals surface area contributed by atoms with Gasteiger partial charge in [-0.15, -0.1) is 0 Å². The molecule has 0 aliphatic heterocycles. The van der Waals surface area contributed by atoms with Crippen molar-refractivity contribution in [2.75, 3.05) is 5.32 Å². The Kier molecular flexibility index (Phi) is 3.58. The van der Waals surface area contributed by atoms with Gasteiger partial charge in [-0.1, -0.05) is 19.9 Å². The Labute approximate surface area is 128 Å². The van der Waals surface area contributed by atoms with Crippen molar-refractivity contribution < 1.29 is 4.79 Å². The molecule has 3 aromatic rings. The molecule has 22 heavy (non-hydrogen) atoms. The number of rotatable bonds is 3. The number of aromatic nitrogens is 4. The number of amides is 1. The maximum Gasteiger partial charge on any atom is 0.229 e. The molecule has 6 nitrogen and oxygen atoms in total. The summed E-state index contributed by atoms with van der Waals surface area (Å²) >= 11 is 0. The Morgan fingerprint density at radius 3 is 2.82 bits per heavy atom. The molecule has 0 aliphatic rings. The zero-order valence-electron chi connectivity index (χ0n) is 12.7. The van der Waals surface area contributed by atoms with Crippen molar-refractivity contribution in [1.82, 2.24) is 19.4 Å². The summed E-state index contributed by atoms with van der Waals surface area (Å²) in [6, 6.07) is 7.65. The molecule has 0 radical (unpaired) electrons. The second-order valence-electron chi connectivity index (χ2n) is 5.38. The van der Waals surface area contributed by atoms with Crippen molar-refractivity contribution in [3.63, 3.8) is 0 Å². The van der Waals surface area contributed by atoms with Crippen LogP contribution in [0.1, 0.15) is 19.5 Å². The van der Waals surface area contributed by atoms with Gasteiger partial charge in [-0.3, -0.25) is 14.5 Å². The lowest BCUT2D eigenvalue weighted by Crippen LogP contribution is -2.19. The number of nitrogens with zero attached hydrogens (tertiary/aromatic N) is 4. The first kappa shape index (κ1) is 14.2. The van der Waals surface area contributed by atoms with Gasteiger partial charge < -0.3 is 0 Å². The first-order chi connectivity index (χ1) is 10.6. The van der Waals surface area contributed by atoms with E-state index in [1.807, 2.05) is 55.6 Å². The molecule has 3 aromatic heterocycles. The average molecular weight is 295 g/mol. The molecule has 0 bridgehead atoms. The third-order valence-electron chi connectivity index (χ3n) is 3.36. The van der Waals surface area contributed by atoms with E-state index in [1.165, 1.54) is 0 Å². The molecule has 0 saturated heterocycles. The fraction of sp³-hybridized carbons (Fsp3) is 0.250. The lowest BCUT2D eigenvalue weighted by atomic mass is 10.2. The Balaban J connectivity index is 2.04. The van der Waals surface area contributed by atoms with E-state index in [1.54, 1.807) is 6.20 Å². The minimum atomic E-state index is -0.121. The Hall–Kier alpha value is -2.76.